The van der Waals surface area contributed by atoms with E-state index in [1.807, 2.05) is 13.0 Å². The number of aryl methyl sites for hydroxylation is 1. The number of halogens is 1. The van der Waals surface area contributed by atoms with Gasteiger partial charge < -0.3 is 18.9 Å². The van der Waals surface area contributed by atoms with E-state index in [2.05, 4.69) is 5.16 Å². The van der Waals surface area contributed by atoms with E-state index in [1.165, 1.54) is 7.11 Å². The summed E-state index contributed by atoms with van der Waals surface area (Å²) in [5.41, 5.74) is 1.31. The Labute approximate surface area is 151 Å². The number of ether oxygens (including phenoxy) is 2. The van der Waals surface area contributed by atoms with Crippen molar-refractivity contribution < 1.29 is 18.8 Å². The molecular weight excluding hydrogens is 344 g/mol. The van der Waals surface area contributed by atoms with Gasteiger partial charge in [0.05, 0.1) is 24.5 Å². The Bertz CT molecular complexity index is 761. The lowest BCUT2D eigenvalue weighted by Crippen LogP contribution is -2.30. The van der Waals surface area contributed by atoms with Gasteiger partial charge in [0, 0.05) is 43.6 Å². The second-order valence-electron chi connectivity index (χ2n) is 6.23. The van der Waals surface area contributed by atoms with E-state index in [0.29, 0.717) is 35.8 Å². The van der Waals surface area contributed by atoms with Crippen molar-refractivity contribution in [1.29, 1.82) is 0 Å². The summed E-state index contributed by atoms with van der Waals surface area (Å²) in [6.07, 6.45) is 0.620. The van der Waals surface area contributed by atoms with Crippen LogP contribution in [0.15, 0.2) is 28.8 Å². The minimum Gasteiger partial charge on any atom is -0.496 e. The Morgan fingerprint density at radius 2 is 2.16 bits per heavy atom. The number of hydrogen-bond acceptors (Lipinski definition) is 5. The van der Waals surface area contributed by atoms with E-state index in [-0.39, 0.29) is 17.9 Å². The number of hydrogen-bond donors (Lipinski definition) is 0. The fourth-order valence-corrected chi connectivity index (χ4v) is 3.43. The fraction of sp³-hybridized carbons (Fsp3) is 0.444. The number of nitrogens with zero attached hydrogens (tertiary/aromatic N) is 2. The monoisotopic (exact) mass is 364 g/mol. The third kappa shape index (κ3) is 3.80. The van der Waals surface area contributed by atoms with Crippen LogP contribution in [0.5, 0.6) is 5.75 Å². The van der Waals surface area contributed by atoms with Gasteiger partial charge in [-0.1, -0.05) is 16.8 Å². The van der Waals surface area contributed by atoms with Gasteiger partial charge in [-0.2, -0.15) is 0 Å². The predicted octanol–water partition coefficient (Wildman–Crippen LogP) is 2.97. The van der Waals surface area contributed by atoms with Crippen LogP contribution >= 0.6 is 11.6 Å². The summed E-state index contributed by atoms with van der Waals surface area (Å²) in [7, 11) is 3.20. The highest BCUT2D eigenvalue weighted by Gasteiger charge is 2.37. The topological polar surface area (TPSA) is 64.8 Å². The number of carbonyl (C=O) groups is 1. The second-order valence-corrected chi connectivity index (χ2v) is 6.66. The molecule has 2 aromatic rings. The van der Waals surface area contributed by atoms with Gasteiger partial charge in [0.25, 0.3) is 5.91 Å². The van der Waals surface area contributed by atoms with Gasteiger partial charge in [0.15, 0.2) is 0 Å². The SMILES string of the molecule is COc1ccc(Cl)cc1C(=O)N1C[C@@H](Cc2cc(C)no2)[C@@H](OC)C1. The number of likely N-dealkylation sites (tertiary alicyclic amines) is 1. The standard InChI is InChI=1S/C18H21ClN2O4/c1-11-6-14(25-20-11)7-12-9-21(10-17(12)24-3)18(22)15-8-13(19)4-5-16(15)23-2/h4-6,8,12,17H,7,9-10H2,1-3H3/t12-,17+/m1/s1. The quantitative estimate of drug-likeness (QED) is 0.816. The van der Waals surface area contributed by atoms with Crippen molar-refractivity contribution in [2.75, 3.05) is 27.3 Å². The summed E-state index contributed by atoms with van der Waals surface area (Å²) >= 11 is 6.05. The van der Waals surface area contributed by atoms with Gasteiger partial charge in [-0.3, -0.25) is 4.79 Å². The zero-order valence-electron chi connectivity index (χ0n) is 14.5. The highest BCUT2D eigenvalue weighted by atomic mass is 35.5. The summed E-state index contributed by atoms with van der Waals surface area (Å²) in [6.45, 7) is 2.98. The largest absolute Gasteiger partial charge is 0.496 e. The first kappa shape index (κ1) is 17.8. The average molecular weight is 365 g/mol. The number of methoxy groups -OCH3 is 2. The summed E-state index contributed by atoms with van der Waals surface area (Å²) in [5, 5.41) is 4.42. The molecule has 1 saturated heterocycles. The molecule has 1 aromatic heterocycles. The Balaban J connectivity index is 1.77. The molecule has 1 aromatic carbocycles. The van der Waals surface area contributed by atoms with Gasteiger partial charge in [-0.25, -0.2) is 0 Å². The number of aromatic nitrogens is 1. The van der Waals surface area contributed by atoms with Gasteiger partial charge in [0.2, 0.25) is 0 Å². The van der Waals surface area contributed by atoms with Crippen molar-refractivity contribution in [1.82, 2.24) is 10.1 Å². The summed E-state index contributed by atoms with van der Waals surface area (Å²) in [4.78, 5) is 14.7. The van der Waals surface area contributed by atoms with E-state index in [9.17, 15) is 4.79 Å². The highest BCUT2D eigenvalue weighted by molar-refractivity contribution is 6.31. The Morgan fingerprint density at radius 1 is 1.36 bits per heavy atom. The molecule has 1 fully saturated rings. The Morgan fingerprint density at radius 3 is 2.80 bits per heavy atom. The van der Waals surface area contributed by atoms with Gasteiger partial charge in [0.1, 0.15) is 11.5 Å². The molecule has 0 unspecified atom stereocenters. The maximum atomic E-state index is 12.9. The molecule has 7 heteroatoms. The highest BCUT2D eigenvalue weighted by Crippen LogP contribution is 2.29. The average Bonchev–Trinajstić information content (AvgIpc) is 3.20. The van der Waals surface area contributed by atoms with Crippen LogP contribution in [0, 0.1) is 12.8 Å². The number of benzene rings is 1. The molecule has 1 amide bonds. The van der Waals surface area contributed by atoms with Crippen LogP contribution in [0.4, 0.5) is 0 Å². The molecule has 2 atom stereocenters. The van der Waals surface area contributed by atoms with Gasteiger partial charge in [-0.15, -0.1) is 0 Å². The van der Waals surface area contributed by atoms with Crippen molar-refractivity contribution in [2.45, 2.75) is 19.4 Å². The summed E-state index contributed by atoms with van der Waals surface area (Å²) in [6, 6.07) is 6.96. The normalized spacial score (nSPS) is 20.1. The van der Waals surface area contributed by atoms with Crippen molar-refractivity contribution in [3.8, 4) is 5.75 Å². The van der Waals surface area contributed by atoms with E-state index in [4.69, 9.17) is 25.6 Å². The first-order valence-electron chi connectivity index (χ1n) is 8.09. The molecule has 134 valence electrons. The van der Waals surface area contributed by atoms with Crippen LogP contribution in [-0.4, -0.2) is 49.4 Å². The van der Waals surface area contributed by atoms with Crippen LogP contribution in [0.3, 0.4) is 0 Å². The summed E-state index contributed by atoms with van der Waals surface area (Å²) < 4.78 is 16.2. The Hall–Kier alpha value is -2.05. The third-order valence-electron chi connectivity index (χ3n) is 4.50. The molecular formula is C18H21ClN2O4. The first-order valence-corrected chi connectivity index (χ1v) is 8.47. The van der Waals surface area contributed by atoms with E-state index < -0.39 is 0 Å². The van der Waals surface area contributed by atoms with Gasteiger partial charge >= 0.3 is 0 Å². The molecule has 1 aliphatic heterocycles. The van der Waals surface area contributed by atoms with Crippen LogP contribution in [-0.2, 0) is 11.2 Å². The lowest BCUT2D eigenvalue weighted by Gasteiger charge is -2.18. The second kappa shape index (κ2) is 7.45. The molecule has 0 spiro atoms. The zero-order valence-corrected chi connectivity index (χ0v) is 15.2. The number of amides is 1. The molecule has 0 bridgehead atoms. The molecule has 0 radical (unpaired) electrons. The van der Waals surface area contributed by atoms with Crippen LogP contribution in [0.2, 0.25) is 5.02 Å². The zero-order chi connectivity index (χ0) is 18.0. The molecule has 25 heavy (non-hydrogen) atoms. The van der Waals surface area contributed by atoms with Crippen molar-refractivity contribution in [3.05, 3.63) is 46.3 Å². The molecule has 3 rings (SSSR count). The minimum absolute atomic E-state index is 0.0560. The third-order valence-corrected chi connectivity index (χ3v) is 4.74. The molecule has 0 N–H and O–H groups in total. The number of carbonyl (C=O) groups excluding carboxylic acids is 1. The van der Waals surface area contributed by atoms with Crippen molar-refractivity contribution in [3.63, 3.8) is 0 Å². The van der Waals surface area contributed by atoms with E-state index in [1.54, 1.807) is 30.2 Å². The van der Waals surface area contributed by atoms with Crippen LogP contribution in [0.25, 0.3) is 0 Å². The lowest BCUT2D eigenvalue weighted by molar-refractivity contribution is 0.0670. The Kier molecular flexibility index (Phi) is 5.30. The van der Waals surface area contributed by atoms with Crippen molar-refractivity contribution in [2.24, 2.45) is 5.92 Å². The maximum Gasteiger partial charge on any atom is 0.257 e. The first-order chi connectivity index (χ1) is 12.0. The molecule has 6 nitrogen and oxygen atoms in total. The smallest absolute Gasteiger partial charge is 0.257 e. The minimum atomic E-state index is -0.113. The van der Waals surface area contributed by atoms with E-state index in [0.717, 1.165) is 11.5 Å². The molecule has 2 heterocycles. The van der Waals surface area contributed by atoms with Crippen LogP contribution < -0.4 is 4.74 Å². The van der Waals surface area contributed by atoms with E-state index >= 15 is 0 Å². The van der Waals surface area contributed by atoms with Crippen LogP contribution in [0.1, 0.15) is 21.8 Å². The summed E-state index contributed by atoms with van der Waals surface area (Å²) in [5.74, 6) is 1.35. The van der Waals surface area contributed by atoms with Crippen molar-refractivity contribution >= 4 is 17.5 Å². The fourth-order valence-electron chi connectivity index (χ4n) is 3.26. The van der Waals surface area contributed by atoms with Gasteiger partial charge in [-0.05, 0) is 25.1 Å². The predicted molar refractivity (Wildman–Crippen MR) is 93.1 cm³/mol. The lowest BCUT2D eigenvalue weighted by atomic mass is 10.0. The molecule has 0 saturated carbocycles. The molecule has 1 aliphatic rings. The molecule has 0 aliphatic carbocycles. The number of rotatable bonds is 5. The maximum absolute atomic E-state index is 12.9.